The van der Waals surface area contributed by atoms with Crippen LogP contribution in [0.4, 0.5) is 0 Å². The van der Waals surface area contributed by atoms with E-state index in [1.807, 2.05) is 18.2 Å². The summed E-state index contributed by atoms with van der Waals surface area (Å²) >= 11 is 1.67. The lowest BCUT2D eigenvalue weighted by molar-refractivity contribution is -0.135. The predicted octanol–water partition coefficient (Wildman–Crippen LogP) is 3.56. The molecular formula is C21H20N2O4S. The Labute approximate surface area is 166 Å². The van der Waals surface area contributed by atoms with Crippen LogP contribution >= 0.6 is 11.3 Å². The van der Waals surface area contributed by atoms with Gasteiger partial charge in [-0.05, 0) is 37.1 Å². The molecule has 6 nitrogen and oxygen atoms in total. The van der Waals surface area contributed by atoms with Crippen LogP contribution in [0.5, 0.6) is 5.75 Å². The lowest BCUT2D eigenvalue weighted by Crippen LogP contribution is -2.41. The Balaban J connectivity index is 1.38. The molecule has 1 saturated heterocycles. The van der Waals surface area contributed by atoms with Gasteiger partial charge in [0.15, 0.2) is 6.61 Å². The highest BCUT2D eigenvalue weighted by Crippen LogP contribution is 2.33. The smallest absolute Gasteiger partial charge is 0.342 e. The number of rotatable bonds is 4. The molecule has 0 unspecified atom stereocenters. The van der Waals surface area contributed by atoms with E-state index in [4.69, 9.17) is 9.72 Å². The van der Waals surface area contributed by atoms with Crippen LogP contribution in [0.2, 0.25) is 0 Å². The zero-order valence-electron chi connectivity index (χ0n) is 15.2. The summed E-state index contributed by atoms with van der Waals surface area (Å²) in [5, 5.41) is 10.8. The number of benzene rings is 2. The summed E-state index contributed by atoms with van der Waals surface area (Å²) < 4.78 is 6.26. The number of hydrogen-bond donors (Lipinski definition) is 1. The molecule has 28 heavy (non-hydrogen) atoms. The number of carbonyl (C=O) groups is 2. The largest absolute Gasteiger partial charge is 0.507 e. The van der Waals surface area contributed by atoms with Crippen molar-refractivity contribution in [2.75, 3.05) is 19.7 Å². The van der Waals surface area contributed by atoms with Crippen molar-refractivity contribution >= 4 is 33.4 Å². The predicted molar refractivity (Wildman–Crippen MR) is 107 cm³/mol. The second-order valence-electron chi connectivity index (χ2n) is 6.79. The third-order valence-electron chi connectivity index (χ3n) is 4.88. The average molecular weight is 396 g/mol. The van der Waals surface area contributed by atoms with E-state index in [2.05, 4.69) is 6.07 Å². The van der Waals surface area contributed by atoms with Crippen LogP contribution in [0.1, 0.15) is 34.1 Å². The van der Waals surface area contributed by atoms with Gasteiger partial charge in [0.2, 0.25) is 0 Å². The zero-order chi connectivity index (χ0) is 19.5. The average Bonchev–Trinajstić information content (AvgIpc) is 3.16. The van der Waals surface area contributed by atoms with Crippen molar-refractivity contribution in [2.45, 2.75) is 18.8 Å². The van der Waals surface area contributed by atoms with Gasteiger partial charge < -0.3 is 14.7 Å². The van der Waals surface area contributed by atoms with Crippen LogP contribution in [0.3, 0.4) is 0 Å². The molecule has 1 aliphatic heterocycles. The molecule has 3 aromatic rings. The third-order valence-corrected chi connectivity index (χ3v) is 6.08. The summed E-state index contributed by atoms with van der Waals surface area (Å²) in [7, 11) is 0. The number of carbonyl (C=O) groups excluding carboxylic acids is 2. The van der Waals surface area contributed by atoms with Crippen LogP contribution in [-0.2, 0) is 9.53 Å². The molecule has 0 aliphatic carbocycles. The maximum atomic E-state index is 12.5. The topological polar surface area (TPSA) is 79.7 Å². The number of para-hydroxylation sites is 2. The highest BCUT2D eigenvalue weighted by atomic mass is 32.1. The molecule has 0 saturated carbocycles. The van der Waals surface area contributed by atoms with Crippen molar-refractivity contribution < 1.29 is 19.4 Å². The van der Waals surface area contributed by atoms with Gasteiger partial charge in [0.25, 0.3) is 5.91 Å². The van der Waals surface area contributed by atoms with E-state index in [0.717, 1.165) is 28.1 Å². The zero-order valence-corrected chi connectivity index (χ0v) is 16.0. The van der Waals surface area contributed by atoms with E-state index in [9.17, 15) is 14.7 Å². The van der Waals surface area contributed by atoms with Crippen molar-refractivity contribution in [2.24, 2.45) is 0 Å². The minimum Gasteiger partial charge on any atom is -0.507 e. The summed E-state index contributed by atoms with van der Waals surface area (Å²) in [5.74, 6) is -0.890. The van der Waals surface area contributed by atoms with Crippen molar-refractivity contribution in [3.63, 3.8) is 0 Å². The standard InChI is InChI=1S/C21H20N2O4S/c24-17-9-3-1-7-15(17)21(26)27-13-19(25)23-11-5-6-14(12-23)20-22-16-8-2-4-10-18(16)28-20/h1-4,7-10,14,24H,5-6,11-13H2/t14-/m0/s1. The van der Waals surface area contributed by atoms with Gasteiger partial charge in [0.05, 0.1) is 15.2 Å². The Bertz CT molecular complexity index is 983. The molecule has 1 amide bonds. The monoisotopic (exact) mass is 396 g/mol. The lowest BCUT2D eigenvalue weighted by Gasteiger charge is -2.31. The molecule has 4 rings (SSSR count). The van der Waals surface area contributed by atoms with E-state index < -0.39 is 5.97 Å². The van der Waals surface area contributed by atoms with Gasteiger partial charge in [-0.25, -0.2) is 9.78 Å². The van der Waals surface area contributed by atoms with E-state index >= 15 is 0 Å². The number of ether oxygens (including phenoxy) is 1. The molecule has 1 aliphatic rings. The van der Waals surface area contributed by atoms with E-state index in [1.165, 1.54) is 12.1 Å². The number of likely N-dealkylation sites (tertiary alicyclic amines) is 1. The van der Waals surface area contributed by atoms with Gasteiger partial charge in [-0.3, -0.25) is 4.79 Å². The highest BCUT2D eigenvalue weighted by Gasteiger charge is 2.27. The van der Waals surface area contributed by atoms with Crippen LogP contribution < -0.4 is 0 Å². The van der Waals surface area contributed by atoms with Gasteiger partial charge in [0.1, 0.15) is 11.3 Å². The molecule has 2 heterocycles. The maximum Gasteiger partial charge on any atom is 0.342 e. The van der Waals surface area contributed by atoms with Gasteiger partial charge >= 0.3 is 5.97 Å². The van der Waals surface area contributed by atoms with Gasteiger partial charge in [-0.1, -0.05) is 24.3 Å². The van der Waals surface area contributed by atoms with Crippen molar-refractivity contribution in [3.05, 3.63) is 59.1 Å². The van der Waals surface area contributed by atoms with E-state index in [-0.39, 0.29) is 29.7 Å². The number of esters is 1. The van der Waals surface area contributed by atoms with Crippen LogP contribution in [0.25, 0.3) is 10.2 Å². The maximum absolute atomic E-state index is 12.5. The number of aromatic nitrogens is 1. The normalized spacial score (nSPS) is 16.9. The number of phenols is 1. The van der Waals surface area contributed by atoms with E-state index in [1.54, 1.807) is 28.4 Å². The second-order valence-corrected chi connectivity index (χ2v) is 7.85. The van der Waals surface area contributed by atoms with Gasteiger partial charge in [-0.15, -0.1) is 11.3 Å². The first kappa shape index (κ1) is 18.4. The van der Waals surface area contributed by atoms with Crippen molar-refractivity contribution in [3.8, 4) is 5.75 Å². The Kier molecular flexibility index (Phi) is 5.25. The first-order chi connectivity index (χ1) is 13.6. The Morgan fingerprint density at radius 1 is 1.18 bits per heavy atom. The molecule has 1 fully saturated rings. The Hall–Kier alpha value is -2.93. The number of phenolic OH excluding ortho intramolecular Hbond substituents is 1. The number of amides is 1. The van der Waals surface area contributed by atoms with Crippen LogP contribution in [0, 0.1) is 0 Å². The summed E-state index contributed by atoms with van der Waals surface area (Å²) in [6, 6.07) is 14.2. The quantitative estimate of drug-likeness (QED) is 0.682. The number of aromatic hydroxyl groups is 1. The fourth-order valence-corrected chi connectivity index (χ4v) is 4.51. The number of hydrogen-bond acceptors (Lipinski definition) is 6. The molecule has 1 N–H and O–H groups in total. The Morgan fingerprint density at radius 3 is 2.79 bits per heavy atom. The lowest BCUT2D eigenvalue weighted by atomic mass is 9.99. The molecule has 2 aromatic carbocycles. The van der Waals surface area contributed by atoms with Gasteiger partial charge in [-0.2, -0.15) is 0 Å². The van der Waals surface area contributed by atoms with Gasteiger partial charge in [0, 0.05) is 19.0 Å². The van der Waals surface area contributed by atoms with Crippen molar-refractivity contribution in [1.29, 1.82) is 0 Å². The first-order valence-electron chi connectivity index (χ1n) is 9.20. The van der Waals surface area contributed by atoms with Crippen LogP contribution in [0.15, 0.2) is 48.5 Å². The fraction of sp³-hybridized carbons (Fsp3) is 0.286. The molecule has 1 aromatic heterocycles. The number of thiazole rings is 1. The minimum atomic E-state index is -0.703. The summed E-state index contributed by atoms with van der Waals surface area (Å²) in [6.07, 6.45) is 1.88. The summed E-state index contributed by atoms with van der Waals surface area (Å²) in [4.78, 5) is 31.1. The number of piperidine rings is 1. The molecule has 1 atom stereocenters. The van der Waals surface area contributed by atoms with Crippen molar-refractivity contribution in [1.82, 2.24) is 9.88 Å². The first-order valence-corrected chi connectivity index (χ1v) is 10.0. The third kappa shape index (κ3) is 3.84. The summed E-state index contributed by atoms with van der Waals surface area (Å²) in [6.45, 7) is 0.890. The fourth-order valence-electron chi connectivity index (χ4n) is 3.41. The summed E-state index contributed by atoms with van der Waals surface area (Å²) in [5.41, 5.74) is 1.05. The number of nitrogens with zero attached hydrogens (tertiary/aromatic N) is 2. The second kappa shape index (κ2) is 7.98. The Morgan fingerprint density at radius 2 is 1.96 bits per heavy atom. The minimum absolute atomic E-state index is 0.0568. The number of fused-ring (bicyclic) bond motifs is 1. The molecule has 7 heteroatoms. The van der Waals surface area contributed by atoms with E-state index in [0.29, 0.717) is 13.1 Å². The molecule has 0 spiro atoms. The molecular weight excluding hydrogens is 376 g/mol. The molecule has 144 valence electrons. The SMILES string of the molecule is O=C(OCC(=O)N1CCC[C@H](c2nc3ccccc3s2)C1)c1ccccc1O. The molecule has 0 bridgehead atoms. The molecule has 0 radical (unpaired) electrons. The highest BCUT2D eigenvalue weighted by molar-refractivity contribution is 7.18. The van der Waals surface area contributed by atoms with Crippen LogP contribution in [-0.4, -0.2) is 46.6 Å².